The van der Waals surface area contributed by atoms with Gasteiger partial charge in [0.15, 0.2) is 0 Å². The zero-order valence-corrected chi connectivity index (χ0v) is 12.4. The summed E-state index contributed by atoms with van der Waals surface area (Å²) in [4.78, 5) is 0. The zero-order chi connectivity index (χ0) is 15.3. The highest BCUT2D eigenvalue weighted by atomic mass is 19.4. The number of rotatable bonds is 3. The lowest BCUT2D eigenvalue weighted by Crippen LogP contribution is -2.28. The zero-order valence-electron chi connectivity index (χ0n) is 12.4. The molecule has 20 heavy (non-hydrogen) atoms. The van der Waals surface area contributed by atoms with Gasteiger partial charge in [-0.05, 0) is 34.8 Å². The second-order valence-electron chi connectivity index (χ2n) is 6.99. The van der Waals surface area contributed by atoms with E-state index in [0.717, 1.165) is 6.07 Å². The summed E-state index contributed by atoms with van der Waals surface area (Å²) < 4.78 is 38.1. The van der Waals surface area contributed by atoms with Crippen molar-refractivity contribution in [3.05, 3.63) is 35.4 Å². The fraction of sp³-hybridized carbons (Fsp3) is 0.625. The van der Waals surface area contributed by atoms with Crippen molar-refractivity contribution in [3.8, 4) is 0 Å². The highest BCUT2D eigenvalue weighted by molar-refractivity contribution is 5.27. The van der Waals surface area contributed by atoms with Crippen LogP contribution < -0.4 is 5.73 Å². The number of hydrogen-bond acceptors (Lipinski definition) is 1. The van der Waals surface area contributed by atoms with E-state index in [1.807, 2.05) is 0 Å². The molecule has 2 rings (SSSR count). The van der Waals surface area contributed by atoms with Gasteiger partial charge in [0.1, 0.15) is 0 Å². The molecule has 0 radical (unpaired) electrons. The standard InChI is InChI=1S/C16H22F3N/c1-14(2)13(15(14,3)4)12(20)9-10-6-5-7-11(8-10)16(17,18)19/h5-8,12-13H,9,20H2,1-4H3. The third-order valence-electron chi connectivity index (χ3n) is 5.29. The Labute approximate surface area is 118 Å². The van der Waals surface area contributed by atoms with Gasteiger partial charge in [0.25, 0.3) is 0 Å². The highest BCUT2D eigenvalue weighted by Gasteiger charge is 2.66. The molecule has 1 aliphatic rings. The van der Waals surface area contributed by atoms with E-state index < -0.39 is 11.7 Å². The van der Waals surface area contributed by atoms with Gasteiger partial charge in [-0.25, -0.2) is 0 Å². The van der Waals surface area contributed by atoms with Gasteiger partial charge >= 0.3 is 6.18 Å². The van der Waals surface area contributed by atoms with Gasteiger partial charge in [0.05, 0.1) is 5.56 Å². The van der Waals surface area contributed by atoms with Crippen molar-refractivity contribution in [2.24, 2.45) is 22.5 Å². The van der Waals surface area contributed by atoms with E-state index in [1.165, 1.54) is 12.1 Å². The maximum Gasteiger partial charge on any atom is 0.416 e. The van der Waals surface area contributed by atoms with Crippen molar-refractivity contribution in [1.82, 2.24) is 0 Å². The maximum atomic E-state index is 12.7. The van der Waals surface area contributed by atoms with Crippen molar-refractivity contribution in [1.29, 1.82) is 0 Å². The minimum absolute atomic E-state index is 0.108. The molecule has 1 aliphatic carbocycles. The fourth-order valence-electron chi connectivity index (χ4n) is 3.58. The van der Waals surface area contributed by atoms with Crippen LogP contribution >= 0.6 is 0 Å². The molecule has 1 nitrogen and oxygen atoms in total. The van der Waals surface area contributed by atoms with E-state index in [2.05, 4.69) is 27.7 Å². The number of benzene rings is 1. The van der Waals surface area contributed by atoms with Gasteiger partial charge in [-0.3, -0.25) is 0 Å². The monoisotopic (exact) mass is 285 g/mol. The van der Waals surface area contributed by atoms with Crippen molar-refractivity contribution in [2.75, 3.05) is 0 Å². The van der Waals surface area contributed by atoms with Gasteiger partial charge in [-0.15, -0.1) is 0 Å². The Hall–Kier alpha value is -1.03. The normalized spacial score (nSPS) is 22.6. The summed E-state index contributed by atoms with van der Waals surface area (Å²) in [5, 5.41) is 0. The second-order valence-corrected chi connectivity index (χ2v) is 6.99. The Morgan fingerprint density at radius 1 is 1.15 bits per heavy atom. The van der Waals surface area contributed by atoms with Crippen LogP contribution in [-0.4, -0.2) is 6.04 Å². The van der Waals surface area contributed by atoms with Crippen molar-refractivity contribution in [3.63, 3.8) is 0 Å². The smallest absolute Gasteiger partial charge is 0.327 e. The first kappa shape index (κ1) is 15.4. The summed E-state index contributed by atoms with van der Waals surface area (Å²) >= 11 is 0. The van der Waals surface area contributed by atoms with E-state index in [4.69, 9.17) is 5.73 Å². The van der Waals surface area contributed by atoms with Crippen molar-refractivity contribution in [2.45, 2.75) is 46.3 Å². The molecule has 0 amide bonds. The predicted molar refractivity (Wildman–Crippen MR) is 74.2 cm³/mol. The molecular weight excluding hydrogens is 263 g/mol. The van der Waals surface area contributed by atoms with Crippen molar-refractivity contribution < 1.29 is 13.2 Å². The number of halogens is 3. The van der Waals surface area contributed by atoms with Crippen molar-refractivity contribution >= 4 is 0 Å². The predicted octanol–water partition coefficient (Wildman–Crippen LogP) is 4.26. The molecule has 0 aromatic heterocycles. The molecule has 0 saturated heterocycles. The lowest BCUT2D eigenvalue weighted by Gasteiger charge is -2.15. The van der Waals surface area contributed by atoms with E-state index in [-0.39, 0.29) is 16.9 Å². The van der Waals surface area contributed by atoms with Crippen LogP contribution in [0, 0.1) is 16.7 Å². The number of alkyl halides is 3. The third kappa shape index (κ3) is 2.46. The minimum Gasteiger partial charge on any atom is -0.327 e. The van der Waals surface area contributed by atoms with Crippen LogP contribution in [0.4, 0.5) is 13.2 Å². The van der Waals surface area contributed by atoms with Gasteiger partial charge < -0.3 is 5.73 Å². The molecule has 1 fully saturated rings. The third-order valence-corrected chi connectivity index (χ3v) is 5.29. The van der Waals surface area contributed by atoms with Gasteiger partial charge in [0.2, 0.25) is 0 Å². The summed E-state index contributed by atoms with van der Waals surface area (Å²) in [6.45, 7) is 8.68. The van der Waals surface area contributed by atoms with E-state index in [0.29, 0.717) is 17.9 Å². The van der Waals surface area contributed by atoms with E-state index >= 15 is 0 Å². The summed E-state index contributed by atoms with van der Waals surface area (Å²) in [5.74, 6) is 0.338. The molecule has 0 aliphatic heterocycles. The summed E-state index contributed by atoms with van der Waals surface area (Å²) in [5.41, 5.74) is 6.59. The Morgan fingerprint density at radius 2 is 1.70 bits per heavy atom. The molecule has 1 aromatic carbocycles. The van der Waals surface area contributed by atoms with Gasteiger partial charge in [-0.2, -0.15) is 13.2 Å². The molecule has 0 heterocycles. The summed E-state index contributed by atoms with van der Waals surface area (Å²) in [6, 6.07) is 5.37. The van der Waals surface area contributed by atoms with Crippen LogP contribution in [0.25, 0.3) is 0 Å². The molecule has 1 unspecified atom stereocenters. The van der Waals surface area contributed by atoms with Crippen LogP contribution in [0.5, 0.6) is 0 Å². The molecule has 1 atom stereocenters. The van der Waals surface area contributed by atoms with Crippen LogP contribution in [0.1, 0.15) is 38.8 Å². The Balaban J connectivity index is 2.12. The SMILES string of the molecule is CC1(C)C(C(N)Cc2cccc(C(F)(F)F)c2)C1(C)C. The molecule has 1 saturated carbocycles. The Kier molecular flexibility index (Phi) is 3.44. The molecule has 0 bridgehead atoms. The van der Waals surface area contributed by atoms with E-state index in [1.54, 1.807) is 6.07 Å². The van der Waals surface area contributed by atoms with Crippen LogP contribution in [-0.2, 0) is 12.6 Å². The summed E-state index contributed by atoms with van der Waals surface area (Å²) in [7, 11) is 0. The maximum absolute atomic E-state index is 12.7. The molecule has 4 heteroatoms. The lowest BCUT2D eigenvalue weighted by molar-refractivity contribution is -0.137. The molecular formula is C16H22F3N. The van der Waals surface area contributed by atoms with Crippen LogP contribution in [0.2, 0.25) is 0 Å². The Morgan fingerprint density at radius 3 is 2.15 bits per heavy atom. The number of hydrogen-bond donors (Lipinski definition) is 1. The fourth-order valence-corrected chi connectivity index (χ4v) is 3.58. The quantitative estimate of drug-likeness (QED) is 0.882. The molecule has 112 valence electrons. The number of nitrogens with two attached hydrogens (primary N) is 1. The molecule has 0 spiro atoms. The van der Waals surface area contributed by atoms with Gasteiger partial charge in [-0.1, -0.05) is 45.9 Å². The topological polar surface area (TPSA) is 26.0 Å². The lowest BCUT2D eigenvalue weighted by atomic mass is 9.96. The first-order chi connectivity index (χ1) is 8.98. The molecule has 1 aromatic rings. The first-order valence-corrected chi connectivity index (χ1v) is 6.89. The highest BCUT2D eigenvalue weighted by Crippen LogP contribution is 2.69. The second kappa shape index (κ2) is 4.48. The average molecular weight is 285 g/mol. The minimum atomic E-state index is -4.29. The van der Waals surface area contributed by atoms with E-state index in [9.17, 15) is 13.2 Å². The summed E-state index contributed by atoms with van der Waals surface area (Å²) in [6.07, 6.45) is -3.81. The average Bonchev–Trinajstić information content (AvgIpc) is 2.68. The van der Waals surface area contributed by atoms with Crippen LogP contribution in [0.15, 0.2) is 24.3 Å². The largest absolute Gasteiger partial charge is 0.416 e. The van der Waals surface area contributed by atoms with Gasteiger partial charge in [0, 0.05) is 6.04 Å². The van der Waals surface area contributed by atoms with Crippen LogP contribution in [0.3, 0.4) is 0 Å². The molecule has 2 N–H and O–H groups in total. The first-order valence-electron chi connectivity index (χ1n) is 6.89. The Bertz CT molecular complexity index is 489.